The van der Waals surface area contributed by atoms with Gasteiger partial charge in [-0.3, -0.25) is 9.59 Å². The fraction of sp³-hybridized carbons (Fsp3) is 0.522. The van der Waals surface area contributed by atoms with Crippen LogP contribution in [0.2, 0.25) is 0 Å². The third-order valence-corrected chi connectivity index (χ3v) is 6.48. The van der Waals surface area contributed by atoms with Crippen molar-refractivity contribution in [3.8, 4) is 0 Å². The third kappa shape index (κ3) is 3.62. The number of aryl methyl sites for hydroxylation is 2. The van der Waals surface area contributed by atoms with Gasteiger partial charge in [0.25, 0.3) is 5.91 Å². The average Bonchev–Trinajstić information content (AvgIpc) is 2.62. The van der Waals surface area contributed by atoms with Crippen LogP contribution < -0.4 is 4.90 Å². The molecule has 4 heteroatoms. The van der Waals surface area contributed by atoms with Gasteiger partial charge >= 0.3 is 0 Å². The van der Waals surface area contributed by atoms with Crippen molar-refractivity contribution < 1.29 is 9.59 Å². The maximum atomic E-state index is 12.5. The van der Waals surface area contributed by atoms with Crippen molar-refractivity contribution in [2.45, 2.75) is 54.4 Å². The van der Waals surface area contributed by atoms with Crippen molar-refractivity contribution in [2.75, 3.05) is 11.4 Å². The molecule has 1 aromatic rings. The Morgan fingerprint density at radius 2 is 1.74 bits per heavy atom. The summed E-state index contributed by atoms with van der Waals surface area (Å²) in [5, 5.41) is 0. The smallest absolute Gasteiger partial charge is 0.255 e. The largest absolute Gasteiger partial charge is 0.325 e. The number of fused-ring (bicyclic) bond motifs is 2. The van der Waals surface area contributed by atoms with Gasteiger partial charge in [-0.1, -0.05) is 34.1 Å². The summed E-state index contributed by atoms with van der Waals surface area (Å²) in [6, 6.07) is 4.29. The maximum Gasteiger partial charge on any atom is 0.255 e. The molecule has 2 aliphatic rings. The van der Waals surface area contributed by atoms with Crippen LogP contribution >= 0.6 is 0 Å². The number of Topliss-reactive ketones (excluding diaryl/α,β-unsaturated/α-hetero) is 1. The van der Waals surface area contributed by atoms with E-state index in [1.54, 1.807) is 0 Å². The maximum absolute atomic E-state index is 12.5. The fourth-order valence-electron chi connectivity index (χ4n) is 3.94. The zero-order chi connectivity index (χ0) is 19.9. The molecule has 0 spiro atoms. The minimum absolute atomic E-state index is 0.123. The summed E-state index contributed by atoms with van der Waals surface area (Å²) >= 11 is 0. The first kappa shape index (κ1) is 19.5. The van der Waals surface area contributed by atoms with Crippen molar-refractivity contribution in [1.82, 2.24) is 0 Å². The summed E-state index contributed by atoms with van der Waals surface area (Å²) in [6.45, 7) is 14.0. The Morgan fingerprint density at radius 1 is 1.07 bits per heavy atom. The summed E-state index contributed by atoms with van der Waals surface area (Å²) in [5.74, 6) is 1.64. The highest BCUT2D eigenvalue weighted by Crippen LogP contribution is 2.36. The fourth-order valence-corrected chi connectivity index (χ4v) is 3.94. The summed E-state index contributed by atoms with van der Waals surface area (Å²) < 4.78 is 0. The molecule has 3 atom stereocenters. The second-order valence-electron chi connectivity index (χ2n) is 8.31. The number of carbonyl (C=O) groups is 2. The van der Waals surface area contributed by atoms with Crippen molar-refractivity contribution in [3.63, 3.8) is 0 Å². The zero-order valence-electron chi connectivity index (χ0n) is 17.3. The summed E-state index contributed by atoms with van der Waals surface area (Å²) in [4.78, 5) is 30.9. The van der Waals surface area contributed by atoms with Gasteiger partial charge in [0.05, 0.1) is 12.0 Å². The lowest BCUT2D eigenvalue weighted by molar-refractivity contribution is -0.124. The molecular formula is C23H30N2O2. The van der Waals surface area contributed by atoms with Crippen LogP contribution in [0.15, 0.2) is 22.7 Å². The van der Waals surface area contributed by atoms with Crippen LogP contribution in [-0.2, 0) is 9.59 Å². The number of hydrogen-bond acceptors (Lipinski definition) is 3. The van der Waals surface area contributed by atoms with E-state index in [0.29, 0.717) is 29.2 Å². The van der Waals surface area contributed by atoms with Gasteiger partial charge in [-0.15, -0.1) is 0 Å². The molecule has 4 nitrogen and oxygen atoms in total. The Hall–Kier alpha value is -2.23. The molecule has 0 aliphatic carbocycles. The molecular weight excluding hydrogens is 336 g/mol. The van der Waals surface area contributed by atoms with E-state index >= 15 is 0 Å². The van der Waals surface area contributed by atoms with E-state index in [1.165, 1.54) is 11.1 Å². The van der Waals surface area contributed by atoms with Crippen LogP contribution in [0.4, 0.5) is 5.69 Å². The highest BCUT2D eigenvalue weighted by molar-refractivity contribution is 6.37. The Morgan fingerprint density at radius 3 is 2.41 bits per heavy atom. The van der Waals surface area contributed by atoms with Crippen molar-refractivity contribution in [1.29, 1.82) is 0 Å². The highest BCUT2D eigenvalue weighted by Gasteiger charge is 2.35. The molecule has 0 saturated carbocycles. The number of amides is 1. The Labute approximate surface area is 162 Å². The molecule has 1 amide bonds. The molecule has 0 radical (unpaired) electrons. The van der Waals surface area contributed by atoms with E-state index in [-0.39, 0.29) is 18.1 Å². The SMILES string of the molecule is CC[C@@H](C)C(C)[C@@H](C)CN1C2=NC(=O)CC(=O)C2=Cc2cc(C)c(C)cc21. The van der Waals surface area contributed by atoms with Crippen LogP contribution in [-0.4, -0.2) is 24.1 Å². The number of benzene rings is 1. The van der Waals surface area contributed by atoms with Crippen LogP contribution in [0.25, 0.3) is 6.08 Å². The number of rotatable bonds is 5. The third-order valence-electron chi connectivity index (χ3n) is 6.48. The average molecular weight is 367 g/mol. The predicted octanol–water partition coefficient (Wildman–Crippen LogP) is 4.72. The number of amidine groups is 1. The lowest BCUT2D eigenvalue weighted by Gasteiger charge is -2.37. The topological polar surface area (TPSA) is 49.7 Å². The highest BCUT2D eigenvalue weighted by atomic mass is 16.2. The van der Waals surface area contributed by atoms with E-state index in [4.69, 9.17) is 0 Å². The molecule has 0 bridgehead atoms. The van der Waals surface area contributed by atoms with Gasteiger partial charge in [-0.25, -0.2) is 0 Å². The van der Waals surface area contributed by atoms with E-state index in [9.17, 15) is 9.59 Å². The Bertz CT molecular complexity index is 850. The zero-order valence-corrected chi connectivity index (χ0v) is 17.3. The molecule has 0 aromatic heterocycles. The molecule has 27 heavy (non-hydrogen) atoms. The molecule has 1 unspecified atom stereocenters. The molecule has 2 heterocycles. The lowest BCUT2D eigenvalue weighted by atomic mass is 9.82. The van der Waals surface area contributed by atoms with Crippen LogP contribution in [0.5, 0.6) is 0 Å². The summed E-state index contributed by atoms with van der Waals surface area (Å²) in [5.41, 5.74) is 5.07. The molecule has 0 fully saturated rings. The standard InChI is InChI=1S/C23H30N2O2/c1-7-13(2)17(6)16(5)12-25-20-9-15(4)14(3)8-18(20)10-19-21(26)11-22(27)24-23(19)25/h8-10,13,16-17H,7,11-12H2,1-6H3/t13-,16+,17?/m1/s1. The monoisotopic (exact) mass is 366 g/mol. The predicted molar refractivity (Wildman–Crippen MR) is 111 cm³/mol. The van der Waals surface area contributed by atoms with Gasteiger partial charge in [0.1, 0.15) is 5.84 Å². The van der Waals surface area contributed by atoms with Crippen molar-refractivity contribution in [2.24, 2.45) is 22.7 Å². The number of nitrogens with zero attached hydrogens (tertiary/aromatic N) is 2. The van der Waals surface area contributed by atoms with Crippen molar-refractivity contribution in [3.05, 3.63) is 34.4 Å². The number of aliphatic imine (C=N–C) groups is 1. The van der Waals surface area contributed by atoms with E-state index in [2.05, 4.69) is 63.6 Å². The van der Waals surface area contributed by atoms with Crippen LogP contribution in [0, 0.1) is 31.6 Å². The van der Waals surface area contributed by atoms with Gasteiger partial charge in [-0.2, -0.15) is 4.99 Å². The second-order valence-corrected chi connectivity index (χ2v) is 8.31. The number of anilines is 1. The Kier molecular flexibility index (Phi) is 5.36. The summed E-state index contributed by atoms with van der Waals surface area (Å²) in [6.07, 6.45) is 2.93. The summed E-state index contributed by atoms with van der Waals surface area (Å²) in [7, 11) is 0. The van der Waals surface area contributed by atoms with Crippen LogP contribution in [0.1, 0.15) is 57.2 Å². The molecule has 0 N–H and O–H groups in total. The minimum atomic E-state index is -0.341. The van der Waals surface area contributed by atoms with Crippen LogP contribution in [0.3, 0.4) is 0 Å². The van der Waals surface area contributed by atoms with Gasteiger partial charge in [0.15, 0.2) is 5.78 Å². The first-order valence-corrected chi connectivity index (χ1v) is 9.98. The quantitative estimate of drug-likeness (QED) is 0.708. The van der Waals surface area contributed by atoms with E-state index in [1.807, 2.05) is 6.08 Å². The number of carbonyl (C=O) groups excluding carboxylic acids is 2. The van der Waals surface area contributed by atoms with E-state index in [0.717, 1.165) is 24.2 Å². The second kappa shape index (κ2) is 7.41. The number of ketones is 1. The first-order valence-electron chi connectivity index (χ1n) is 9.98. The Balaban J connectivity index is 2.07. The van der Waals surface area contributed by atoms with Gasteiger partial charge in [0.2, 0.25) is 0 Å². The normalized spacial score (nSPS) is 19.7. The molecule has 2 aliphatic heterocycles. The molecule has 0 saturated heterocycles. The lowest BCUT2D eigenvalue weighted by Crippen LogP contribution is -2.44. The first-order chi connectivity index (χ1) is 12.7. The van der Waals surface area contributed by atoms with Gasteiger partial charge < -0.3 is 4.90 Å². The van der Waals surface area contributed by atoms with Gasteiger partial charge in [0, 0.05) is 12.2 Å². The molecule has 144 valence electrons. The molecule has 3 rings (SSSR count). The number of hydrogen-bond donors (Lipinski definition) is 0. The van der Waals surface area contributed by atoms with Gasteiger partial charge in [-0.05, 0) is 66.5 Å². The van der Waals surface area contributed by atoms with E-state index < -0.39 is 0 Å². The molecule has 1 aromatic carbocycles. The van der Waals surface area contributed by atoms with Crippen molar-refractivity contribution >= 4 is 29.3 Å². The minimum Gasteiger partial charge on any atom is -0.325 e.